The van der Waals surface area contributed by atoms with Gasteiger partial charge in [0.1, 0.15) is 18.0 Å². The van der Waals surface area contributed by atoms with Crippen LogP contribution in [0, 0.1) is 0 Å². The predicted octanol–water partition coefficient (Wildman–Crippen LogP) is 8.21. The number of halogens is 3. The summed E-state index contributed by atoms with van der Waals surface area (Å²) in [6.45, 7) is 5.41. The number of ether oxygens (including phenoxy) is 3. The van der Waals surface area contributed by atoms with Crippen LogP contribution in [0.1, 0.15) is 51.5 Å². The number of alkyl halides is 3. The maximum atomic E-state index is 12.6. The molecule has 3 aromatic carbocycles. The van der Waals surface area contributed by atoms with E-state index in [0.717, 1.165) is 49.8 Å². The van der Waals surface area contributed by atoms with Crippen LogP contribution < -0.4 is 14.4 Å². The minimum atomic E-state index is -4.75. The molecule has 0 saturated heterocycles. The molecule has 0 bridgehead atoms. The van der Waals surface area contributed by atoms with Crippen LogP contribution in [0.5, 0.6) is 11.5 Å². The number of benzene rings is 3. The van der Waals surface area contributed by atoms with Crippen LogP contribution >= 0.6 is 0 Å². The summed E-state index contributed by atoms with van der Waals surface area (Å²) >= 11 is 0. The molecule has 0 unspecified atom stereocenters. The summed E-state index contributed by atoms with van der Waals surface area (Å²) in [5, 5.41) is 0. The molecule has 0 N–H and O–H groups in total. The van der Waals surface area contributed by atoms with Crippen molar-refractivity contribution in [2.24, 2.45) is 0 Å². The molecule has 0 aliphatic carbocycles. The molecule has 0 aromatic heterocycles. The van der Waals surface area contributed by atoms with Gasteiger partial charge in [0.15, 0.2) is 0 Å². The predicted molar refractivity (Wildman–Crippen MR) is 152 cm³/mol. The van der Waals surface area contributed by atoms with Gasteiger partial charge in [-0.25, -0.2) is 0 Å². The Labute approximate surface area is 234 Å². The zero-order chi connectivity index (χ0) is 28.8. The lowest BCUT2D eigenvalue weighted by molar-refractivity contribution is -0.274. The number of unbranched alkanes of at least 4 members (excludes halogenated alkanes) is 3. The molecule has 0 radical (unpaired) electrons. The van der Waals surface area contributed by atoms with E-state index in [-0.39, 0.29) is 24.9 Å². The van der Waals surface area contributed by atoms with Gasteiger partial charge >= 0.3 is 12.3 Å². The first kappa shape index (κ1) is 30.9. The molecule has 0 atom stereocenters. The third kappa shape index (κ3) is 10.5. The Morgan fingerprint density at radius 3 is 2.25 bits per heavy atom. The Kier molecular flexibility index (Phi) is 12.2. The summed E-state index contributed by atoms with van der Waals surface area (Å²) < 4.78 is 53.3. The first-order valence-electron chi connectivity index (χ1n) is 13.9. The molecule has 0 spiro atoms. The van der Waals surface area contributed by atoms with Gasteiger partial charge in [-0.15, -0.1) is 13.2 Å². The number of aryl methyl sites for hydroxylation is 1. The van der Waals surface area contributed by atoms with Crippen LogP contribution in [0.15, 0.2) is 72.8 Å². The molecule has 0 aliphatic heterocycles. The maximum absolute atomic E-state index is 12.6. The van der Waals surface area contributed by atoms with Crippen molar-refractivity contribution < 1.29 is 32.2 Å². The Morgan fingerprint density at radius 1 is 0.850 bits per heavy atom. The number of carbonyl (C=O) groups is 1. The van der Waals surface area contributed by atoms with E-state index in [1.54, 1.807) is 19.1 Å². The lowest BCUT2D eigenvalue weighted by Crippen LogP contribution is -2.32. The Balaban J connectivity index is 1.86. The molecule has 0 aliphatic rings. The van der Waals surface area contributed by atoms with E-state index < -0.39 is 6.36 Å². The molecule has 5 nitrogen and oxygen atoms in total. The first-order chi connectivity index (χ1) is 19.3. The van der Waals surface area contributed by atoms with Gasteiger partial charge in [-0.2, -0.15) is 0 Å². The minimum Gasteiger partial charge on any atom is -0.491 e. The largest absolute Gasteiger partial charge is 0.573 e. The molecular weight excluding hydrogens is 519 g/mol. The number of anilines is 1. The smallest absolute Gasteiger partial charge is 0.491 e. The van der Waals surface area contributed by atoms with Gasteiger partial charge in [0.05, 0.1) is 18.9 Å². The number of carbonyl (C=O) groups excluding carboxylic acids is 1. The van der Waals surface area contributed by atoms with Gasteiger partial charge in [0, 0.05) is 6.54 Å². The maximum Gasteiger partial charge on any atom is 0.573 e. The van der Waals surface area contributed by atoms with Crippen molar-refractivity contribution in [2.45, 2.75) is 58.7 Å². The van der Waals surface area contributed by atoms with Gasteiger partial charge in [-0.05, 0) is 73.6 Å². The zero-order valence-corrected chi connectivity index (χ0v) is 23.2. The quantitative estimate of drug-likeness (QED) is 0.131. The van der Waals surface area contributed by atoms with Crippen LogP contribution in [0.25, 0.3) is 11.1 Å². The Bertz CT molecular complexity index is 1170. The highest BCUT2D eigenvalue weighted by Crippen LogP contribution is 2.35. The summed E-state index contributed by atoms with van der Waals surface area (Å²) in [5.41, 5.74) is 3.51. The standard InChI is InChI=1S/C32H38F3NO4/c1-3-5-11-22-39-30-20-17-27(26-15-18-28(19-16-26)40-32(33,34)35)23-29(30)36(24-31(37)38-4-2)21-10-9-14-25-12-7-6-8-13-25/h6-8,12-13,15-20,23H,3-5,9-11,14,21-22,24H2,1-2H3. The zero-order valence-electron chi connectivity index (χ0n) is 23.2. The highest BCUT2D eigenvalue weighted by molar-refractivity contribution is 5.79. The molecule has 216 valence electrons. The highest BCUT2D eigenvalue weighted by atomic mass is 19.4. The van der Waals surface area contributed by atoms with E-state index in [1.165, 1.54) is 17.7 Å². The van der Waals surface area contributed by atoms with Crippen LogP contribution in [0.2, 0.25) is 0 Å². The van der Waals surface area contributed by atoms with Crippen molar-refractivity contribution in [1.82, 2.24) is 0 Å². The molecule has 8 heteroatoms. The topological polar surface area (TPSA) is 48.0 Å². The number of esters is 1. The second-order valence-corrected chi connectivity index (χ2v) is 9.48. The summed E-state index contributed by atoms with van der Waals surface area (Å²) in [5.74, 6) is 0.0421. The molecule has 40 heavy (non-hydrogen) atoms. The molecule has 0 amide bonds. The summed E-state index contributed by atoms with van der Waals surface area (Å²) in [6, 6.07) is 21.6. The van der Waals surface area contributed by atoms with Crippen molar-refractivity contribution in [2.75, 3.05) is 31.2 Å². The molecule has 3 aromatic rings. The third-order valence-electron chi connectivity index (χ3n) is 6.34. The van der Waals surface area contributed by atoms with E-state index in [0.29, 0.717) is 24.5 Å². The third-order valence-corrected chi connectivity index (χ3v) is 6.34. The van der Waals surface area contributed by atoms with Crippen molar-refractivity contribution in [3.8, 4) is 22.6 Å². The van der Waals surface area contributed by atoms with Crippen LogP contribution in [-0.4, -0.2) is 38.6 Å². The second kappa shape index (κ2) is 15.8. The molecule has 3 rings (SSSR count). The van der Waals surface area contributed by atoms with Gasteiger partial charge in [0.2, 0.25) is 0 Å². The lowest BCUT2D eigenvalue weighted by atomic mass is 10.0. The molecule has 0 saturated carbocycles. The van der Waals surface area contributed by atoms with E-state index in [2.05, 4.69) is 23.8 Å². The highest BCUT2D eigenvalue weighted by Gasteiger charge is 2.31. The average molecular weight is 558 g/mol. The normalized spacial score (nSPS) is 11.2. The van der Waals surface area contributed by atoms with Gasteiger partial charge in [0.25, 0.3) is 0 Å². The fourth-order valence-corrected chi connectivity index (χ4v) is 4.37. The van der Waals surface area contributed by atoms with Crippen molar-refractivity contribution in [3.05, 3.63) is 78.4 Å². The monoisotopic (exact) mass is 557 g/mol. The van der Waals surface area contributed by atoms with Crippen LogP contribution in [-0.2, 0) is 16.0 Å². The van der Waals surface area contributed by atoms with E-state index in [4.69, 9.17) is 9.47 Å². The molecular formula is C32H38F3NO4. The Hall–Kier alpha value is -3.68. The second-order valence-electron chi connectivity index (χ2n) is 9.48. The summed E-state index contributed by atoms with van der Waals surface area (Å²) in [6.07, 6.45) is 0.993. The van der Waals surface area contributed by atoms with E-state index in [1.807, 2.05) is 41.3 Å². The Morgan fingerprint density at radius 2 is 1.57 bits per heavy atom. The summed E-state index contributed by atoms with van der Waals surface area (Å²) in [4.78, 5) is 14.6. The van der Waals surface area contributed by atoms with Crippen LogP contribution in [0.4, 0.5) is 18.9 Å². The average Bonchev–Trinajstić information content (AvgIpc) is 2.93. The molecule has 0 fully saturated rings. The fourth-order valence-electron chi connectivity index (χ4n) is 4.37. The minimum absolute atomic E-state index is 0.0618. The first-order valence-corrected chi connectivity index (χ1v) is 13.9. The SMILES string of the molecule is CCCCCOc1ccc(-c2ccc(OC(F)(F)F)cc2)cc1N(CCCCc1ccccc1)CC(=O)OCC. The number of hydrogen-bond donors (Lipinski definition) is 0. The van der Waals surface area contributed by atoms with Gasteiger partial charge < -0.3 is 19.1 Å². The van der Waals surface area contributed by atoms with E-state index in [9.17, 15) is 18.0 Å². The number of hydrogen-bond acceptors (Lipinski definition) is 5. The van der Waals surface area contributed by atoms with Crippen LogP contribution in [0.3, 0.4) is 0 Å². The van der Waals surface area contributed by atoms with E-state index >= 15 is 0 Å². The lowest BCUT2D eigenvalue weighted by Gasteiger charge is -2.27. The van der Waals surface area contributed by atoms with Gasteiger partial charge in [-0.1, -0.05) is 68.3 Å². The van der Waals surface area contributed by atoms with Crippen molar-refractivity contribution in [1.29, 1.82) is 0 Å². The van der Waals surface area contributed by atoms with Crippen molar-refractivity contribution in [3.63, 3.8) is 0 Å². The number of rotatable bonds is 16. The summed E-state index contributed by atoms with van der Waals surface area (Å²) in [7, 11) is 0. The van der Waals surface area contributed by atoms with Gasteiger partial charge in [-0.3, -0.25) is 4.79 Å². The fraction of sp³-hybridized carbons (Fsp3) is 0.406. The van der Waals surface area contributed by atoms with Crippen molar-refractivity contribution >= 4 is 11.7 Å². The molecule has 0 heterocycles. The number of nitrogens with zero attached hydrogens (tertiary/aromatic N) is 1.